The molecule has 6 heteroatoms. The van der Waals surface area contributed by atoms with Crippen molar-refractivity contribution in [3.63, 3.8) is 0 Å². The molecule has 0 aromatic carbocycles. The van der Waals surface area contributed by atoms with Gasteiger partial charge in [0.1, 0.15) is 5.60 Å². The quantitative estimate of drug-likeness (QED) is 0.760. The molecule has 102 valence electrons. The summed E-state index contributed by atoms with van der Waals surface area (Å²) >= 11 is 0. The topological polar surface area (TPSA) is 83.9 Å². The molecule has 6 nitrogen and oxygen atoms in total. The third-order valence-corrected chi connectivity index (χ3v) is 2.61. The van der Waals surface area contributed by atoms with Crippen LogP contribution < -0.4 is 0 Å². The smallest absolute Gasteiger partial charge is 0.414 e. The number of carbonyl (C=O) groups excluding carboxylic acids is 2. The van der Waals surface area contributed by atoms with E-state index in [1.807, 2.05) is 0 Å². The van der Waals surface area contributed by atoms with E-state index in [4.69, 9.17) is 9.84 Å². The Bertz CT molecular complexity index is 358. The summed E-state index contributed by atoms with van der Waals surface area (Å²) in [4.78, 5) is 35.0. The van der Waals surface area contributed by atoms with Crippen molar-refractivity contribution < 1.29 is 24.2 Å². The second-order valence-corrected chi connectivity index (χ2v) is 5.40. The fourth-order valence-corrected chi connectivity index (χ4v) is 1.91. The van der Waals surface area contributed by atoms with Crippen LogP contribution in [0.1, 0.15) is 40.0 Å². The van der Waals surface area contributed by atoms with Crippen LogP contribution in [-0.2, 0) is 14.3 Å². The standard InChI is InChI=1S/C12H19NO5/c1-12(2,3)18-9(14)7-8-5-4-6-13(10(8)15)11(16)17/h8H,4-7H2,1-3H3,(H,16,17). The molecule has 0 aliphatic carbocycles. The zero-order valence-electron chi connectivity index (χ0n) is 10.9. The highest BCUT2D eigenvalue weighted by atomic mass is 16.6. The van der Waals surface area contributed by atoms with E-state index in [-0.39, 0.29) is 13.0 Å². The van der Waals surface area contributed by atoms with Crippen LogP contribution in [0.3, 0.4) is 0 Å². The largest absolute Gasteiger partial charge is 0.465 e. The van der Waals surface area contributed by atoms with Gasteiger partial charge in [-0.3, -0.25) is 9.59 Å². The minimum Gasteiger partial charge on any atom is -0.465 e. The Morgan fingerprint density at radius 3 is 2.56 bits per heavy atom. The Labute approximate surface area is 106 Å². The maximum absolute atomic E-state index is 11.8. The van der Waals surface area contributed by atoms with Crippen molar-refractivity contribution in [2.45, 2.75) is 45.6 Å². The molecule has 0 spiro atoms. The van der Waals surface area contributed by atoms with E-state index in [9.17, 15) is 14.4 Å². The second kappa shape index (κ2) is 5.37. The maximum atomic E-state index is 11.8. The van der Waals surface area contributed by atoms with Gasteiger partial charge in [-0.15, -0.1) is 0 Å². The molecule has 1 N–H and O–H groups in total. The van der Waals surface area contributed by atoms with Crippen LogP contribution in [-0.4, -0.2) is 40.1 Å². The Kier molecular flexibility index (Phi) is 4.32. The summed E-state index contributed by atoms with van der Waals surface area (Å²) in [5, 5.41) is 8.84. The van der Waals surface area contributed by atoms with Crippen LogP contribution in [0.4, 0.5) is 4.79 Å². The van der Waals surface area contributed by atoms with Crippen molar-refractivity contribution in [1.29, 1.82) is 0 Å². The molecule has 18 heavy (non-hydrogen) atoms. The number of piperidine rings is 1. The van der Waals surface area contributed by atoms with Gasteiger partial charge in [-0.05, 0) is 33.6 Å². The molecule has 1 unspecified atom stereocenters. The van der Waals surface area contributed by atoms with Gasteiger partial charge < -0.3 is 9.84 Å². The molecule has 2 amide bonds. The van der Waals surface area contributed by atoms with Crippen LogP contribution in [0.2, 0.25) is 0 Å². The monoisotopic (exact) mass is 257 g/mol. The zero-order valence-corrected chi connectivity index (χ0v) is 10.9. The van der Waals surface area contributed by atoms with Crippen LogP contribution in [0.15, 0.2) is 0 Å². The Balaban J connectivity index is 2.59. The van der Waals surface area contributed by atoms with E-state index in [0.717, 1.165) is 4.90 Å². The van der Waals surface area contributed by atoms with Crippen LogP contribution in [0.5, 0.6) is 0 Å². The molecule has 0 aromatic rings. The number of likely N-dealkylation sites (tertiary alicyclic amines) is 1. The maximum Gasteiger partial charge on any atom is 0.414 e. The van der Waals surface area contributed by atoms with Gasteiger partial charge in [0.05, 0.1) is 6.42 Å². The summed E-state index contributed by atoms with van der Waals surface area (Å²) in [6.45, 7) is 5.45. The third kappa shape index (κ3) is 4.01. The minimum atomic E-state index is -1.26. The molecule has 1 fully saturated rings. The number of hydrogen-bond donors (Lipinski definition) is 1. The van der Waals surface area contributed by atoms with Crippen LogP contribution >= 0.6 is 0 Å². The van der Waals surface area contributed by atoms with E-state index in [1.165, 1.54) is 0 Å². The van der Waals surface area contributed by atoms with Crippen LogP contribution in [0.25, 0.3) is 0 Å². The number of rotatable bonds is 2. The first-order valence-corrected chi connectivity index (χ1v) is 5.97. The first-order chi connectivity index (χ1) is 8.20. The predicted octanol–water partition coefficient (Wildman–Crippen LogP) is 1.63. The van der Waals surface area contributed by atoms with Crippen molar-refractivity contribution in [3.8, 4) is 0 Å². The normalized spacial score (nSPS) is 20.7. The fourth-order valence-electron chi connectivity index (χ4n) is 1.91. The third-order valence-electron chi connectivity index (χ3n) is 2.61. The molecule has 0 aromatic heterocycles. The van der Waals surface area contributed by atoms with Gasteiger partial charge >= 0.3 is 12.1 Å². The summed E-state index contributed by atoms with van der Waals surface area (Å²) in [7, 11) is 0. The van der Waals surface area contributed by atoms with E-state index in [0.29, 0.717) is 12.8 Å². The Hall–Kier alpha value is -1.59. The predicted molar refractivity (Wildman–Crippen MR) is 62.9 cm³/mol. The second-order valence-electron chi connectivity index (χ2n) is 5.40. The zero-order chi connectivity index (χ0) is 13.9. The first-order valence-electron chi connectivity index (χ1n) is 5.97. The van der Waals surface area contributed by atoms with E-state index in [1.54, 1.807) is 20.8 Å². The molecule has 1 atom stereocenters. The minimum absolute atomic E-state index is 0.0557. The van der Waals surface area contributed by atoms with Gasteiger partial charge in [-0.1, -0.05) is 0 Å². The molecule has 0 bridgehead atoms. The molecular weight excluding hydrogens is 238 g/mol. The number of nitrogens with zero attached hydrogens (tertiary/aromatic N) is 1. The molecule has 1 aliphatic rings. The van der Waals surface area contributed by atoms with E-state index in [2.05, 4.69) is 0 Å². The number of amides is 2. The summed E-state index contributed by atoms with van der Waals surface area (Å²) in [6, 6.07) is 0. The lowest BCUT2D eigenvalue weighted by molar-refractivity contribution is -0.159. The summed E-state index contributed by atoms with van der Waals surface area (Å²) in [6.07, 6.45) is -0.193. The fraction of sp³-hybridized carbons (Fsp3) is 0.750. The lowest BCUT2D eigenvalue weighted by atomic mass is 9.94. The number of imide groups is 1. The highest BCUT2D eigenvalue weighted by Gasteiger charge is 2.34. The molecule has 1 saturated heterocycles. The highest BCUT2D eigenvalue weighted by Crippen LogP contribution is 2.22. The van der Waals surface area contributed by atoms with Crippen molar-refractivity contribution in [1.82, 2.24) is 4.90 Å². The van der Waals surface area contributed by atoms with Crippen molar-refractivity contribution in [3.05, 3.63) is 0 Å². The van der Waals surface area contributed by atoms with E-state index < -0.39 is 29.5 Å². The van der Waals surface area contributed by atoms with Gasteiger partial charge in [0.15, 0.2) is 0 Å². The number of carboxylic acid groups (broad SMARTS) is 1. The van der Waals surface area contributed by atoms with Gasteiger partial charge in [0.25, 0.3) is 0 Å². The number of ether oxygens (including phenoxy) is 1. The Morgan fingerprint density at radius 2 is 2.06 bits per heavy atom. The number of esters is 1. The number of carbonyl (C=O) groups is 3. The molecule has 0 radical (unpaired) electrons. The summed E-state index contributed by atoms with van der Waals surface area (Å²) in [5.74, 6) is -1.54. The van der Waals surface area contributed by atoms with Gasteiger partial charge in [0.2, 0.25) is 5.91 Å². The average molecular weight is 257 g/mol. The molecule has 0 saturated carbocycles. The van der Waals surface area contributed by atoms with Crippen molar-refractivity contribution in [2.75, 3.05) is 6.54 Å². The van der Waals surface area contributed by atoms with Crippen molar-refractivity contribution in [2.24, 2.45) is 5.92 Å². The molecule has 1 rings (SSSR count). The SMILES string of the molecule is CC(C)(C)OC(=O)CC1CCCN(C(=O)O)C1=O. The molecule has 1 heterocycles. The first kappa shape index (κ1) is 14.5. The van der Waals surface area contributed by atoms with Gasteiger partial charge in [-0.2, -0.15) is 0 Å². The van der Waals surface area contributed by atoms with Crippen molar-refractivity contribution >= 4 is 18.0 Å². The number of hydrogen-bond acceptors (Lipinski definition) is 4. The van der Waals surface area contributed by atoms with Gasteiger partial charge in [-0.25, -0.2) is 9.69 Å². The highest BCUT2D eigenvalue weighted by molar-refractivity contribution is 5.94. The average Bonchev–Trinajstić information content (AvgIpc) is 2.17. The van der Waals surface area contributed by atoms with Crippen LogP contribution in [0, 0.1) is 5.92 Å². The van der Waals surface area contributed by atoms with E-state index >= 15 is 0 Å². The summed E-state index contributed by atoms with van der Waals surface area (Å²) in [5.41, 5.74) is -0.596. The molecule has 1 aliphatic heterocycles. The molecular formula is C12H19NO5. The lowest BCUT2D eigenvalue weighted by Crippen LogP contribution is -2.45. The van der Waals surface area contributed by atoms with Gasteiger partial charge in [0, 0.05) is 12.5 Å². The Morgan fingerprint density at radius 1 is 1.44 bits per heavy atom. The summed E-state index contributed by atoms with van der Waals surface area (Å²) < 4.78 is 5.13. The lowest BCUT2D eigenvalue weighted by Gasteiger charge is -2.29.